The molecule has 4 aromatic rings. The molecule has 4 rings (SSSR count). The average molecular weight is 676 g/mol. The topological polar surface area (TPSA) is 58.2 Å². The largest absolute Gasteiger partial charge is 0.321 e. The molecule has 0 radical (unpaired) electrons. The number of amides is 2. The van der Waals surface area contributed by atoms with Crippen molar-refractivity contribution >= 4 is 55.0 Å². The molecule has 0 bridgehead atoms. The quantitative estimate of drug-likeness (QED) is 0.195. The molecule has 0 aliphatic heterocycles. The summed E-state index contributed by atoms with van der Waals surface area (Å²) in [5.41, 5.74) is 6.79. The maximum Gasteiger partial charge on any atom is 0.255 e. The van der Waals surface area contributed by atoms with Crippen LogP contribution in [0, 0.1) is 0 Å². The number of anilines is 2. The lowest BCUT2D eigenvalue weighted by atomic mass is 9.76. The predicted octanol–water partition coefficient (Wildman–Crippen LogP) is 10.3. The Labute approximate surface area is 260 Å². The van der Waals surface area contributed by atoms with Gasteiger partial charge >= 0.3 is 0 Å². The van der Waals surface area contributed by atoms with Gasteiger partial charge in [0.1, 0.15) is 0 Å². The molecule has 0 aliphatic rings. The fourth-order valence-corrected chi connectivity index (χ4v) is 6.02. The van der Waals surface area contributed by atoms with Crippen LogP contribution in [0.15, 0.2) is 93.9 Å². The number of carbonyl (C=O) groups is 2. The van der Waals surface area contributed by atoms with Gasteiger partial charge in [-0.05, 0) is 102 Å². The van der Waals surface area contributed by atoms with E-state index in [1.54, 1.807) is 0 Å². The first-order valence-corrected chi connectivity index (χ1v) is 15.4. The number of rotatable bonds is 8. The van der Waals surface area contributed by atoms with Crippen molar-refractivity contribution in [2.45, 2.75) is 58.8 Å². The van der Waals surface area contributed by atoms with Gasteiger partial charge in [-0.2, -0.15) is 0 Å². The van der Waals surface area contributed by atoms with Crippen LogP contribution in [0.1, 0.15) is 96.3 Å². The normalized spacial score (nSPS) is 11.6. The summed E-state index contributed by atoms with van der Waals surface area (Å²) >= 11 is 7.55. The van der Waals surface area contributed by atoms with E-state index < -0.39 is 0 Å². The molecule has 2 amide bonds. The highest BCUT2D eigenvalue weighted by Gasteiger charge is 2.29. The smallest absolute Gasteiger partial charge is 0.255 e. The highest BCUT2D eigenvalue weighted by molar-refractivity contribution is 9.11. The Balaban J connectivity index is 1.73. The summed E-state index contributed by atoms with van der Waals surface area (Å²) in [7, 11) is 0. The summed E-state index contributed by atoms with van der Waals surface area (Å²) in [6, 6.07) is 27.1. The molecular weight excluding hydrogens is 640 g/mol. The van der Waals surface area contributed by atoms with E-state index in [1.807, 2.05) is 60.7 Å². The number of carbonyl (C=O) groups excluding carboxylic acids is 2. The molecule has 2 N–H and O–H groups in total. The van der Waals surface area contributed by atoms with Crippen LogP contribution in [0.5, 0.6) is 0 Å². The van der Waals surface area contributed by atoms with E-state index in [0.29, 0.717) is 11.1 Å². The van der Waals surface area contributed by atoms with Gasteiger partial charge in [0, 0.05) is 25.5 Å². The minimum absolute atomic E-state index is 0.140. The molecule has 0 aromatic heterocycles. The molecule has 0 saturated carbocycles. The third-order valence-corrected chi connectivity index (χ3v) is 8.73. The van der Waals surface area contributed by atoms with E-state index in [-0.39, 0.29) is 29.1 Å². The first-order chi connectivity index (χ1) is 19.4. The van der Waals surface area contributed by atoms with E-state index in [1.165, 1.54) is 0 Å². The molecule has 0 unspecified atom stereocenters. The molecule has 212 valence electrons. The van der Waals surface area contributed by atoms with Crippen molar-refractivity contribution in [1.82, 2.24) is 0 Å². The standard InChI is InChI=1S/C35H36Br2N2O2/c1-21(2)27-17-25(19-29(36)31(27)38-33(40)23-13-9-7-10-14-23)35(5,6)26-18-28(22(3)4)32(30(37)20-26)39-34(41)24-15-11-8-12-16-24/h7-22H,1-6H3,(H,38,40)(H,39,41). The highest BCUT2D eigenvalue weighted by Crippen LogP contribution is 2.43. The molecule has 0 heterocycles. The second-order valence-corrected chi connectivity index (χ2v) is 13.1. The summed E-state index contributed by atoms with van der Waals surface area (Å²) in [4.78, 5) is 26.0. The van der Waals surface area contributed by atoms with Gasteiger partial charge in [0.15, 0.2) is 0 Å². The Morgan fingerprint density at radius 2 is 0.951 bits per heavy atom. The third-order valence-electron chi connectivity index (χ3n) is 7.48. The van der Waals surface area contributed by atoms with Crippen LogP contribution >= 0.6 is 31.9 Å². The van der Waals surface area contributed by atoms with E-state index in [4.69, 9.17) is 0 Å². The summed E-state index contributed by atoms with van der Waals surface area (Å²) in [6.45, 7) is 12.9. The SMILES string of the molecule is CC(C)c1cc(C(C)(C)c2cc(Br)c(NC(=O)c3ccccc3)c(C(C)C)c2)cc(Br)c1NC(=O)c1ccccc1. The monoisotopic (exact) mass is 674 g/mol. The summed E-state index contributed by atoms with van der Waals surface area (Å²) in [5, 5.41) is 6.27. The Hall–Kier alpha value is -3.22. The van der Waals surface area contributed by atoms with Crippen LogP contribution in [0.3, 0.4) is 0 Å². The van der Waals surface area contributed by atoms with Gasteiger partial charge in [0.25, 0.3) is 11.8 Å². The predicted molar refractivity (Wildman–Crippen MR) is 177 cm³/mol. The van der Waals surface area contributed by atoms with Gasteiger partial charge in [-0.3, -0.25) is 9.59 Å². The molecule has 0 spiro atoms. The van der Waals surface area contributed by atoms with E-state index >= 15 is 0 Å². The Morgan fingerprint density at radius 3 is 1.27 bits per heavy atom. The zero-order valence-corrected chi connectivity index (χ0v) is 27.5. The summed E-state index contributed by atoms with van der Waals surface area (Å²) < 4.78 is 1.68. The minimum Gasteiger partial charge on any atom is -0.321 e. The second-order valence-electron chi connectivity index (χ2n) is 11.4. The van der Waals surface area contributed by atoms with E-state index in [2.05, 4.69) is 108 Å². The van der Waals surface area contributed by atoms with Gasteiger partial charge in [-0.15, -0.1) is 0 Å². The lowest BCUT2D eigenvalue weighted by Gasteiger charge is -2.30. The van der Waals surface area contributed by atoms with Gasteiger partial charge in [0.2, 0.25) is 0 Å². The van der Waals surface area contributed by atoms with E-state index in [0.717, 1.165) is 42.6 Å². The van der Waals surface area contributed by atoms with Gasteiger partial charge in [-0.25, -0.2) is 0 Å². The van der Waals surface area contributed by atoms with Crippen molar-refractivity contribution in [3.63, 3.8) is 0 Å². The highest BCUT2D eigenvalue weighted by atomic mass is 79.9. The fourth-order valence-electron chi connectivity index (χ4n) is 4.87. The first kappa shape index (κ1) is 30.7. The molecule has 0 atom stereocenters. The fraction of sp³-hybridized carbons (Fsp3) is 0.257. The number of nitrogens with one attached hydrogen (secondary N) is 2. The maximum atomic E-state index is 13.0. The van der Waals surface area contributed by atoms with Gasteiger partial charge in [-0.1, -0.05) is 90.1 Å². The van der Waals surface area contributed by atoms with Crippen LogP contribution in [-0.4, -0.2) is 11.8 Å². The first-order valence-electron chi connectivity index (χ1n) is 13.8. The van der Waals surface area contributed by atoms with E-state index in [9.17, 15) is 9.59 Å². The summed E-state index contributed by atoms with van der Waals surface area (Å²) in [5.74, 6) is 0.0843. The zero-order valence-electron chi connectivity index (χ0n) is 24.3. The van der Waals surface area contributed by atoms with Crippen molar-refractivity contribution in [3.05, 3.63) is 127 Å². The van der Waals surface area contributed by atoms with Crippen molar-refractivity contribution in [3.8, 4) is 0 Å². The van der Waals surface area contributed by atoms with Crippen molar-refractivity contribution in [2.24, 2.45) is 0 Å². The lowest BCUT2D eigenvalue weighted by molar-refractivity contribution is 0.101. The molecule has 0 saturated heterocycles. The second kappa shape index (κ2) is 12.7. The van der Waals surface area contributed by atoms with Crippen LogP contribution in [0.2, 0.25) is 0 Å². The average Bonchev–Trinajstić information content (AvgIpc) is 2.95. The van der Waals surface area contributed by atoms with Crippen molar-refractivity contribution in [2.75, 3.05) is 10.6 Å². The van der Waals surface area contributed by atoms with Crippen molar-refractivity contribution < 1.29 is 9.59 Å². The van der Waals surface area contributed by atoms with Crippen LogP contribution in [0.4, 0.5) is 11.4 Å². The zero-order chi connectivity index (χ0) is 29.9. The van der Waals surface area contributed by atoms with Gasteiger partial charge in [0.05, 0.1) is 11.4 Å². The van der Waals surface area contributed by atoms with Gasteiger partial charge < -0.3 is 10.6 Å². The third kappa shape index (κ3) is 6.82. The summed E-state index contributed by atoms with van der Waals surface area (Å²) in [6.07, 6.45) is 0. The number of hydrogen-bond donors (Lipinski definition) is 2. The van der Waals surface area contributed by atoms with Crippen LogP contribution in [0.25, 0.3) is 0 Å². The number of hydrogen-bond acceptors (Lipinski definition) is 2. The minimum atomic E-state index is -0.373. The maximum absolute atomic E-state index is 13.0. The number of benzene rings is 4. The molecule has 4 aromatic carbocycles. The van der Waals surface area contributed by atoms with Crippen LogP contribution in [-0.2, 0) is 5.41 Å². The number of halogens is 2. The lowest BCUT2D eigenvalue weighted by Crippen LogP contribution is -2.22. The molecule has 41 heavy (non-hydrogen) atoms. The Bertz CT molecular complexity index is 1450. The Kier molecular flexibility index (Phi) is 9.55. The van der Waals surface area contributed by atoms with Crippen LogP contribution < -0.4 is 10.6 Å². The molecule has 6 heteroatoms. The Morgan fingerprint density at radius 1 is 0.610 bits per heavy atom. The molecule has 0 fully saturated rings. The molecule has 4 nitrogen and oxygen atoms in total. The molecule has 0 aliphatic carbocycles. The molecular formula is C35H36Br2N2O2. The van der Waals surface area contributed by atoms with Crippen molar-refractivity contribution in [1.29, 1.82) is 0 Å².